The van der Waals surface area contributed by atoms with Crippen LogP contribution in [0.5, 0.6) is 0 Å². The van der Waals surface area contributed by atoms with Crippen LogP contribution in [0.3, 0.4) is 0 Å². The molecule has 150 valence electrons. The zero-order valence-electron chi connectivity index (χ0n) is 17.2. The van der Waals surface area contributed by atoms with Crippen LogP contribution < -0.4 is 4.90 Å². The van der Waals surface area contributed by atoms with Gasteiger partial charge in [-0.1, -0.05) is 13.0 Å². The van der Waals surface area contributed by atoms with Crippen molar-refractivity contribution in [2.75, 3.05) is 25.0 Å². The molecule has 0 N–H and O–H groups in total. The summed E-state index contributed by atoms with van der Waals surface area (Å²) in [5.74, 6) is 3.02. The summed E-state index contributed by atoms with van der Waals surface area (Å²) in [6.07, 6.45) is 3.62. The van der Waals surface area contributed by atoms with Gasteiger partial charge in [-0.3, -0.25) is 9.58 Å². The Morgan fingerprint density at radius 3 is 2.67 bits per heavy atom. The lowest BCUT2D eigenvalue weighted by molar-refractivity contribution is 0.381. The Labute approximate surface area is 175 Å². The number of fused-ring (bicyclic) bond motifs is 3. The fraction of sp³-hybridized carbons (Fsp3) is 0.318. The average molecular weight is 398 g/mol. The molecule has 4 heterocycles. The smallest absolute Gasteiger partial charge is 0.142 e. The molecule has 0 saturated heterocycles. The molecule has 30 heavy (non-hydrogen) atoms. The summed E-state index contributed by atoms with van der Waals surface area (Å²) in [5, 5.41) is 24.3. The Hall–Kier alpha value is -3.73. The monoisotopic (exact) mass is 398 g/mol. The van der Waals surface area contributed by atoms with E-state index in [1.54, 1.807) is 6.20 Å². The summed E-state index contributed by atoms with van der Waals surface area (Å²) in [6, 6.07) is 12.4. The minimum Gasteiger partial charge on any atom is -0.324 e. The van der Waals surface area contributed by atoms with E-state index in [0.29, 0.717) is 12.1 Å². The van der Waals surface area contributed by atoms with E-state index in [2.05, 4.69) is 60.9 Å². The molecule has 0 fully saturated rings. The second kappa shape index (κ2) is 6.95. The Morgan fingerprint density at radius 1 is 1.10 bits per heavy atom. The fourth-order valence-electron chi connectivity index (χ4n) is 4.22. The van der Waals surface area contributed by atoms with Crippen molar-refractivity contribution in [3.05, 3.63) is 59.3 Å². The van der Waals surface area contributed by atoms with Gasteiger partial charge in [-0.2, -0.15) is 10.4 Å². The highest BCUT2D eigenvalue weighted by atomic mass is 15.4. The molecule has 0 amide bonds. The van der Waals surface area contributed by atoms with Crippen LogP contribution in [-0.4, -0.2) is 51.1 Å². The van der Waals surface area contributed by atoms with Crippen LogP contribution in [0.25, 0.3) is 5.69 Å². The van der Waals surface area contributed by atoms with Crippen LogP contribution in [0, 0.1) is 18.3 Å². The Bertz CT molecular complexity index is 1170. The molecule has 3 aromatic rings. The molecule has 8 nitrogen and oxygen atoms in total. The summed E-state index contributed by atoms with van der Waals surface area (Å²) < 4.78 is 2.14. The first kappa shape index (κ1) is 18.3. The third-order valence-corrected chi connectivity index (χ3v) is 5.76. The zero-order valence-corrected chi connectivity index (χ0v) is 17.2. The number of aryl methyl sites for hydroxylation is 1. The average Bonchev–Trinajstić information content (AvgIpc) is 3.34. The lowest BCUT2D eigenvalue weighted by Gasteiger charge is -2.26. The van der Waals surface area contributed by atoms with Gasteiger partial charge < -0.3 is 4.90 Å². The van der Waals surface area contributed by atoms with Gasteiger partial charge in [0.25, 0.3) is 0 Å². The number of nitrogens with zero attached hydrogens (tertiary/aromatic N) is 8. The van der Waals surface area contributed by atoms with Crippen molar-refractivity contribution in [1.29, 1.82) is 5.26 Å². The normalized spacial score (nSPS) is 19.9. The van der Waals surface area contributed by atoms with E-state index >= 15 is 0 Å². The van der Waals surface area contributed by atoms with E-state index in [0.717, 1.165) is 35.4 Å². The number of pyridine rings is 1. The van der Waals surface area contributed by atoms with Gasteiger partial charge in [0.2, 0.25) is 0 Å². The molecule has 1 unspecified atom stereocenters. The van der Waals surface area contributed by atoms with E-state index in [9.17, 15) is 0 Å². The SMILES string of the molecule is Cc1nnc2n1-c1ccc(C3C=NN(C)C3)cc1N(c1ccc(C#N)cn1)C[C@@H]2C. The van der Waals surface area contributed by atoms with Gasteiger partial charge in [0.1, 0.15) is 23.5 Å². The van der Waals surface area contributed by atoms with Crippen molar-refractivity contribution in [3.8, 4) is 11.8 Å². The third-order valence-electron chi connectivity index (χ3n) is 5.76. The topological polar surface area (TPSA) is 86.2 Å². The molecule has 0 bridgehead atoms. The van der Waals surface area contributed by atoms with Crippen molar-refractivity contribution >= 4 is 17.7 Å². The number of anilines is 2. The van der Waals surface area contributed by atoms with Crippen LogP contribution >= 0.6 is 0 Å². The highest BCUT2D eigenvalue weighted by Gasteiger charge is 2.30. The minimum absolute atomic E-state index is 0.152. The lowest BCUT2D eigenvalue weighted by atomic mass is 9.99. The number of hydrogen-bond donors (Lipinski definition) is 0. The maximum absolute atomic E-state index is 9.15. The van der Waals surface area contributed by atoms with Gasteiger partial charge in [0.05, 0.1) is 16.9 Å². The van der Waals surface area contributed by atoms with Gasteiger partial charge in [0, 0.05) is 44.4 Å². The fourth-order valence-corrected chi connectivity index (χ4v) is 4.22. The van der Waals surface area contributed by atoms with Crippen LogP contribution in [0.15, 0.2) is 41.6 Å². The molecular formula is C22H22N8. The molecule has 5 rings (SSSR count). The summed E-state index contributed by atoms with van der Waals surface area (Å²) in [4.78, 5) is 6.80. The van der Waals surface area contributed by atoms with Crippen LogP contribution in [-0.2, 0) is 0 Å². The molecule has 2 aliphatic heterocycles. The molecular weight excluding hydrogens is 376 g/mol. The van der Waals surface area contributed by atoms with E-state index in [-0.39, 0.29) is 11.8 Å². The number of hydrazone groups is 1. The number of likely N-dealkylation sites (N-methyl/N-ethyl adjacent to an activating group) is 1. The molecule has 8 heteroatoms. The van der Waals surface area contributed by atoms with Crippen LogP contribution in [0.2, 0.25) is 0 Å². The Balaban J connectivity index is 1.68. The van der Waals surface area contributed by atoms with Gasteiger partial charge in [-0.15, -0.1) is 10.2 Å². The first-order chi connectivity index (χ1) is 14.5. The predicted octanol–water partition coefficient (Wildman–Crippen LogP) is 3.11. The first-order valence-corrected chi connectivity index (χ1v) is 10.0. The summed E-state index contributed by atoms with van der Waals surface area (Å²) in [7, 11) is 1.99. The largest absolute Gasteiger partial charge is 0.324 e. The molecule has 0 radical (unpaired) electrons. The van der Waals surface area contributed by atoms with Crippen LogP contribution in [0.4, 0.5) is 11.5 Å². The summed E-state index contributed by atoms with van der Waals surface area (Å²) in [6.45, 7) is 5.71. The number of rotatable bonds is 2. The number of nitriles is 1. The van der Waals surface area contributed by atoms with Crippen molar-refractivity contribution in [2.24, 2.45) is 5.10 Å². The highest BCUT2D eigenvalue weighted by molar-refractivity contribution is 5.76. The summed E-state index contributed by atoms with van der Waals surface area (Å²) >= 11 is 0. The van der Waals surface area contributed by atoms with Crippen LogP contribution in [0.1, 0.15) is 41.5 Å². The van der Waals surface area contributed by atoms with Crippen molar-refractivity contribution in [3.63, 3.8) is 0 Å². The first-order valence-electron chi connectivity index (χ1n) is 10.0. The van der Waals surface area contributed by atoms with Gasteiger partial charge in [-0.05, 0) is 36.8 Å². The third kappa shape index (κ3) is 2.90. The molecule has 1 aromatic carbocycles. The maximum atomic E-state index is 9.15. The Morgan fingerprint density at radius 2 is 1.97 bits per heavy atom. The van der Waals surface area contributed by atoms with Crippen molar-refractivity contribution in [1.82, 2.24) is 24.8 Å². The Kier molecular flexibility index (Phi) is 4.24. The van der Waals surface area contributed by atoms with E-state index in [1.807, 2.05) is 37.3 Å². The van der Waals surface area contributed by atoms with Gasteiger partial charge >= 0.3 is 0 Å². The quantitative estimate of drug-likeness (QED) is 0.659. The molecule has 2 aromatic heterocycles. The summed E-state index contributed by atoms with van der Waals surface area (Å²) in [5.41, 5.74) is 3.85. The van der Waals surface area contributed by atoms with E-state index in [4.69, 9.17) is 5.26 Å². The number of hydrogen-bond acceptors (Lipinski definition) is 7. The molecule has 2 aliphatic rings. The standard InChI is InChI=1S/C22H22N8/c1-14-12-29(21-7-4-16(9-23)10-24-21)20-8-17(18-11-25-28(3)13-18)5-6-19(20)30-15(2)26-27-22(14)30/h4-8,10-11,14,18H,12-13H2,1-3H3/t14-,18?/m0/s1. The van der Waals surface area contributed by atoms with Gasteiger partial charge in [0.15, 0.2) is 0 Å². The van der Waals surface area contributed by atoms with E-state index in [1.165, 1.54) is 5.56 Å². The zero-order chi connectivity index (χ0) is 20.8. The van der Waals surface area contributed by atoms with E-state index < -0.39 is 0 Å². The van der Waals surface area contributed by atoms with Gasteiger partial charge in [-0.25, -0.2) is 4.98 Å². The minimum atomic E-state index is 0.152. The lowest BCUT2D eigenvalue weighted by Crippen LogP contribution is -2.23. The number of aromatic nitrogens is 4. The maximum Gasteiger partial charge on any atom is 0.142 e. The second-order valence-corrected chi connectivity index (χ2v) is 7.93. The predicted molar refractivity (Wildman–Crippen MR) is 114 cm³/mol. The molecule has 0 spiro atoms. The van der Waals surface area contributed by atoms with Crippen molar-refractivity contribution < 1.29 is 0 Å². The molecule has 2 atom stereocenters. The molecule has 0 aliphatic carbocycles. The second-order valence-electron chi connectivity index (χ2n) is 7.93. The van der Waals surface area contributed by atoms with Crippen molar-refractivity contribution in [2.45, 2.75) is 25.7 Å². The highest BCUT2D eigenvalue weighted by Crippen LogP contribution is 2.39. The number of benzene rings is 1. The molecule has 0 saturated carbocycles.